The number of benzene rings is 2. The molecule has 0 aliphatic heterocycles. The van der Waals surface area contributed by atoms with Crippen LogP contribution in [0.25, 0.3) is 21.1 Å². The molecule has 7 heteroatoms. The van der Waals surface area contributed by atoms with Gasteiger partial charge in [0.15, 0.2) is 5.58 Å². The molecule has 140 valence electrons. The number of fused-ring (bicyclic) bond motifs is 2. The third-order valence-corrected chi connectivity index (χ3v) is 5.73. The lowest BCUT2D eigenvalue weighted by Gasteiger charge is -2.16. The van der Waals surface area contributed by atoms with Crippen molar-refractivity contribution in [1.82, 2.24) is 0 Å². The molecule has 4 aromatic rings. The first kappa shape index (κ1) is 17.9. The number of carboxylic acids is 1. The van der Waals surface area contributed by atoms with E-state index in [1.54, 1.807) is 13.1 Å². The first-order valence-electron chi connectivity index (χ1n) is 8.43. The van der Waals surface area contributed by atoms with Crippen LogP contribution in [0.2, 0.25) is 0 Å². The van der Waals surface area contributed by atoms with E-state index in [4.69, 9.17) is 9.52 Å². The minimum absolute atomic E-state index is 0.207. The number of thiophene rings is 1. The summed E-state index contributed by atoms with van der Waals surface area (Å²) in [7, 11) is 1.63. The monoisotopic (exact) mass is 393 g/mol. The van der Waals surface area contributed by atoms with Gasteiger partial charge in [0.2, 0.25) is 0 Å². The summed E-state index contributed by atoms with van der Waals surface area (Å²) in [5, 5.41) is 11.7. The highest BCUT2D eigenvalue weighted by Gasteiger charge is 2.20. The molecule has 0 aliphatic rings. The maximum Gasteiger partial charge on any atom is 0.351 e. The number of aromatic carboxylic acids is 1. The molecular formula is C21H15NO5S. The van der Waals surface area contributed by atoms with Crippen molar-refractivity contribution in [2.75, 3.05) is 11.9 Å². The largest absolute Gasteiger partial charge is 0.477 e. The summed E-state index contributed by atoms with van der Waals surface area (Å²) in [5.74, 6) is -1.55. The van der Waals surface area contributed by atoms with Crippen LogP contribution in [0.15, 0.2) is 57.7 Å². The molecule has 0 spiro atoms. The maximum absolute atomic E-state index is 13.0. The highest BCUT2D eigenvalue weighted by Crippen LogP contribution is 2.33. The quantitative estimate of drug-likeness (QED) is 0.561. The van der Waals surface area contributed by atoms with Crippen LogP contribution in [0.4, 0.5) is 5.00 Å². The van der Waals surface area contributed by atoms with Gasteiger partial charge in [-0.1, -0.05) is 24.3 Å². The summed E-state index contributed by atoms with van der Waals surface area (Å²) in [6.45, 7) is 1.96. The van der Waals surface area contributed by atoms with Crippen LogP contribution in [0.3, 0.4) is 0 Å². The lowest BCUT2D eigenvalue weighted by molar-refractivity contribution is 0.0692. The minimum Gasteiger partial charge on any atom is -0.477 e. The van der Waals surface area contributed by atoms with Crippen LogP contribution in [0.1, 0.15) is 26.3 Å². The Hall–Kier alpha value is -3.45. The van der Waals surface area contributed by atoms with Gasteiger partial charge in [0.05, 0.1) is 4.70 Å². The van der Waals surface area contributed by atoms with Gasteiger partial charge in [0.25, 0.3) is 5.91 Å². The number of carbonyl (C=O) groups excluding carboxylic acids is 1. The van der Waals surface area contributed by atoms with E-state index in [2.05, 4.69) is 0 Å². The number of hydrogen-bond donors (Lipinski definition) is 1. The smallest absolute Gasteiger partial charge is 0.351 e. The number of anilines is 1. The second-order valence-corrected chi connectivity index (χ2v) is 7.51. The third kappa shape index (κ3) is 2.95. The summed E-state index contributed by atoms with van der Waals surface area (Å²) in [6, 6.07) is 14.4. The van der Waals surface area contributed by atoms with Gasteiger partial charge in [-0.25, -0.2) is 9.59 Å². The molecule has 4 rings (SSSR count). The molecule has 0 saturated carbocycles. The van der Waals surface area contributed by atoms with E-state index in [9.17, 15) is 14.4 Å². The van der Waals surface area contributed by atoms with E-state index < -0.39 is 17.2 Å². The molecule has 0 fully saturated rings. The number of nitrogens with zero attached hydrogens (tertiary/aromatic N) is 1. The first-order valence-corrected chi connectivity index (χ1v) is 9.25. The zero-order valence-corrected chi connectivity index (χ0v) is 15.9. The Balaban J connectivity index is 1.74. The Bertz CT molecular complexity index is 1320. The number of carbonyl (C=O) groups is 2. The van der Waals surface area contributed by atoms with Crippen LogP contribution >= 0.6 is 11.3 Å². The van der Waals surface area contributed by atoms with Crippen LogP contribution in [0, 0.1) is 6.92 Å². The zero-order chi connectivity index (χ0) is 20.0. The molecule has 0 bridgehead atoms. The van der Waals surface area contributed by atoms with Crippen LogP contribution in [-0.4, -0.2) is 24.0 Å². The molecule has 0 unspecified atom stereocenters. The van der Waals surface area contributed by atoms with Gasteiger partial charge in [-0.05, 0) is 41.5 Å². The first-order chi connectivity index (χ1) is 13.3. The normalized spacial score (nSPS) is 11.1. The Kier molecular flexibility index (Phi) is 4.24. The Morgan fingerprint density at radius 3 is 2.61 bits per heavy atom. The molecule has 2 aromatic heterocycles. The van der Waals surface area contributed by atoms with E-state index in [1.807, 2.05) is 43.3 Å². The zero-order valence-electron chi connectivity index (χ0n) is 15.1. The molecule has 0 aliphatic carbocycles. The summed E-state index contributed by atoms with van der Waals surface area (Å²) in [5.41, 5.74) is 0.458. The number of amides is 1. The van der Waals surface area contributed by atoms with Crippen LogP contribution < -0.4 is 10.5 Å². The fraction of sp³-hybridized carbons (Fsp3) is 0.0952. The summed E-state index contributed by atoms with van der Waals surface area (Å²) >= 11 is 1.19. The molecule has 0 atom stereocenters. The number of hydrogen-bond acceptors (Lipinski definition) is 5. The van der Waals surface area contributed by atoms with Gasteiger partial charge in [0.1, 0.15) is 10.6 Å². The van der Waals surface area contributed by atoms with Crippen molar-refractivity contribution in [2.24, 2.45) is 0 Å². The number of rotatable bonds is 3. The second-order valence-electron chi connectivity index (χ2n) is 6.44. The molecule has 0 radical (unpaired) electrons. The third-order valence-electron chi connectivity index (χ3n) is 4.59. The van der Waals surface area contributed by atoms with Gasteiger partial charge in [-0.15, -0.1) is 11.3 Å². The van der Waals surface area contributed by atoms with Crippen molar-refractivity contribution >= 4 is 49.3 Å². The van der Waals surface area contributed by atoms with E-state index in [0.29, 0.717) is 15.3 Å². The highest BCUT2D eigenvalue weighted by molar-refractivity contribution is 7.22. The van der Waals surface area contributed by atoms with Gasteiger partial charge in [-0.3, -0.25) is 4.79 Å². The molecule has 1 N–H and O–H groups in total. The van der Waals surface area contributed by atoms with Crippen molar-refractivity contribution in [3.05, 3.63) is 75.6 Å². The predicted octanol–water partition coefficient (Wildman–Crippen LogP) is 4.29. The predicted molar refractivity (Wildman–Crippen MR) is 109 cm³/mol. The Morgan fingerprint density at radius 1 is 1.11 bits per heavy atom. The van der Waals surface area contributed by atoms with E-state index in [0.717, 1.165) is 16.3 Å². The number of aryl methyl sites for hydroxylation is 1. The topological polar surface area (TPSA) is 87.8 Å². The molecular weight excluding hydrogens is 378 g/mol. The van der Waals surface area contributed by atoms with Gasteiger partial charge < -0.3 is 14.4 Å². The minimum atomic E-state index is -1.35. The second kappa shape index (κ2) is 6.61. The lowest BCUT2D eigenvalue weighted by Crippen LogP contribution is -2.25. The van der Waals surface area contributed by atoms with E-state index in [1.165, 1.54) is 22.3 Å². The fourth-order valence-electron chi connectivity index (χ4n) is 3.13. The van der Waals surface area contributed by atoms with E-state index in [-0.39, 0.29) is 11.5 Å². The average molecular weight is 393 g/mol. The molecule has 0 saturated heterocycles. The summed E-state index contributed by atoms with van der Waals surface area (Å²) < 4.78 is 5.57. The summed E-state index contributed by atoms with van der Waals surface area (Å²) in [4.78, 5) is 37.3. The number of carboxylic acid groups (broad SMARTS) is 1. The Labute approximate surface area is 163 Å². The SMILES string of the molecule is Cc1cc(C(=O)N(C)c2cc3oc(=O)c(C(=O)O)cc3s2)cc2ccccc12. The Morgan fingerprint density at radius 2 is 1.86 bits per heavy atom. The average Bonchev–Trinajstić information content (AvgIpc) is 3.08. The van der Waals surface area contributed by atoms with Crippen molar-refractivity contribution in [1.29, 1.82) is 0 Å². The van der Waals surface area contributed by atoms with E-state index >= 15 is 0 Å². The summed E-state index contributed by atoms with van der Waals surface area (Å²) in [6.07, 6.45) is 0. The van der Waals surface area contributed by atoms with Gasteiger partial charge in [0, 0.05) is 18.7 Å². The van der Waals surface area contributed by atoms with Crippen molar-refractivity contribution < 1.29 is 19.1 Å². The highest BCUT2D eigenvalue weighted by atomic mass is 32.1. The molecule has 6 nitrogen and oxygen atoms in total. The molecule has 1 amide bonds. The molecule has 28 heavy (non-hydrogen) atoms. The fourth-order valence-corrected chi connectivity index (χ4v) is 4.12. The van der Waals surface area contributed by atoms with Crippen molar-refractivity contribution in [2.45, 2.75) is 6.92 Å². The van der Waals surface area contributed by atoms with Crippen molar-refractivity contribution in [3.8, 4) is 0 Å². The van der Waals surface area contributed by atoms with Crippen molar-refractivity contribution in [3.63, 3.8) is 0 Å². The lowest BCUT2D eigenvalue weighted by atomic mass is 10.0. The maximum atomic E-state index is 13.0. The van der Waals surface area contributed by atoms with Gasteiger partial charge >= 0.3 is 11.6 Å². The van der Waals surface area contributed by atoms with Crippen LogP contribution in [-0.2, 0) is 0 Å². The molecule has 2 aromatic carbocycles. The standard InChI is InChI=1S/C21H15NO5S/c1-11-7-13(8-12-5-3-4-6-14(11)12)19(23)22(2)18-10-16-17(28-18)9-15(20(24)25)21(26)27-16/h3-10H,1-2H3,(H,24,25). The van der Waals surface area contributed by atoms with Gasteiger partial charge in [-0.2, -0.15) is 0 Å². The molecule has 2 heterocycles. The van der Waals surface area contributed by atoms with Crippen LogP contribution in [0.5, 0.6) is 0 Å².